The molecular weight excluding hydrogens is 378 g/mol. The first-order valence-corrected chi connectivity index (χ1v) is 10.2. The molecule has 154 valence electrons. The van der Waals surface area contributed by atoms with Gasteiger partial charge in [0.1, 0.15) is 18.1 Å². The van der Waals surface area contributed by atoms with Crippen LogP contribution in [0, 0.1) is 0 Å². The number of hydrogen-bond acceptors (Lipinski definition) is 4. The van der Waals surface area contributed by atoms with Crippen molar-refractivity contribution in [2.24, 2.45) is 0 Å². The van der Waals surface area contributed by atoms with Gasteiger partial charge in [0.2, 0.25) is 0 Å². The number of hydrogen-bond donors (Lipinski definition) is 2. The van der Waals surface area contributed by atoms with Gasteiger partial charge in [0.05, 0.1) is 11.8 Å². The summed E-state index contributed by atoms with van der Waals surface area (Å²) in [5.41, 5.74) is 3.47. The topological polar surface area (TPSA) is 67.8 Å². The zero-order valence-corrected chi connectivity index (χ0v) is 16.7. The van der Waals surface area contributed by atoms with Crippen LogP contribution in [-0.4, -0.2) is 17.6 Å². The number of benzene rings is 3. The number of carbonyl (C=O) groups is 1. The molecule has 1 aliphatic rings. The number of fused-ring (bicyclic) bond motifs is 1. The van der Waals surface area contributed by atoms with Crippen molar-refractivity contribution in [1.82, 2.24) is 0 Å². The quantitative estimate of drug-likeness (QED) is 0.574. The minimum Gasteiger partial charge on any atom is -0.489 e. The lowest BCUT2D eigenvalue weighted by Crippen LogP contribution is -2.26. The van der Waals surface area contributed by atoms with E-state index in [2.05, 4.69) is 17.4 Å². The Bertz CT molecular complexity index is 989. The highest BCUT2D eigenvalue weighted by Gasteiger charge is 2.24. The second kappa shape index (κ2) is 9.46. The van der Waals surface area contributed by atoms with Crippen LogP contribution in [0.4, 0.5) is 5.69 Å². The Hall–Kier alpha value is -3.31. The zero-order valence-electron chi connectivity index (χ0n) is 16.7. The molecule has 0 saturated heterocycles. The highest BCUT2D eigenvalue weighted by Crippen LogP contribution is 2.40. The Morgan fingerprint density at radius 1 is 1.00 bits per heavy atom. The van der Waals surface area contributed by atoms with Crippen LogP contribution in [0.2, 0.25) is 0 Å². The molecule has 0 aromatic heterocycles. The molecule has 2 N–H and O–H groups in total. The molecule has 0 unspecified atom stereocenters. The monoisotopic (exact) mass is 403 g/mol. The van der Waals surface area contributed by atoms with E-state index in [0.717, 1.165) is 18.4 Å². The van der Waals surface area contributed by atoms with Gasteiger partial charge in [0, 0.05) is 11.6 Å². The fraction of sp³-hybridized carbons (Fsp3) is 0.240. The first-order valence-electron chi connectivity index (χ1n) is 10.2. The van der Waals surface area contributed by atoms with E-state index in [-0.39, 0.29) is 12.5 Å². The molecule has 1 amide bonds. The molecule has 4 rings (SSSR count). The summed E-state index contributed by atoms with van der Waals surface area (Å²) < 4.78 is 11.6. The van der Waals surface area contributed by atoms with Crippen LogP contribution in [0.15, 0.2) is 72.8 Å². The normalized spacial score (nSPS) is 13.7. The Morgan fingerprint density at radius 3 is 2.43 bits per heavy atom. The number of nitrogens with one attached hydrogen (secondary N) is 1. The Labute approximate surface area is 176 Å². The lowest BCUT2D eigenvalue weighted by molar-refractivity contribution is -0.118. The molecule has 5 heteroatoms. The maximum absolute atomic E-state index is 11.8. The molecule has 0 aliphatic carbocycles. The van der Waals surface area contributed by atoms with Crippen LogP contribution in [0.1, 0.15) is 35.6 Å². The molecule has 0 saturated carbocycles. The van der Waals surface area contributed by atoms with Crippen LogP contribution >= 0.6 is 0 Å². The molecule has 5 nitrogen and oxygen atoms in total. The summed E-state index contributed by atoms with van der Waals surface area (Å²) in [5, 5.41) is 13.7. The predicted octanol–water partition coefficient (Wildman–Crippen LogP) is 4.65. The number of rotatable bonds is 8. The third kappa shape index (κ3) is 4.99. The Morgan fingerprint density at radius 2 is 1.70 bits per heavy atom. The fourth-order valence-corrected chi connectivity index (χ4v) is 3.57. The maximum Gasteiger partial charge on any atom is 0.262 e. The first kappa shape index (κ1) is 20.0. The molecular formula is C25H25NO4. The van der Waals surface area contributed by atoms with Crippen molar-refractivity contribution in [2.45, 2.75) is 32.0 Å². The molecule has 1 heterocycles. The van der Waals surface area contributed by atoms with Crippen LogP contribution in [-0.2, 0) is 17.8 Å². The molecule has 0 fully saturated rings. The van der Waals surface area contributed by atoms with Crippen LogP contribution in [0.3, 0.4) is 0 Å². The van der Waals surface area contributed by atoms with Gasteiger partial charge in [0.15, 0.2) is 6.61 Å². The van der Waals surface area contributed by atoms with E-state index >= 15 is 0 Å². The standard InChI is InChI=1S/C25H25NO4/c27-23(13-7-12-18-8-3-1-4-9-18)21-14-20(29-16-19-10-5-2-6-11-19)15-22-25(21)30-17-24(28)26-22/h1-6,8-11,14-15,23,27H,7,12-13,16-17H2,(H,26,28)/t23-/m0/s1. The number of aliphatic hydroxyl groups is 1. The second-order valence-corrected chi connectivity index (χ2v) is 7.39. The lowest BCUT2D eigenvalue weighted by Gasteiger charge is -2.24. The van der Waals surface area contributed by atoms with Crippen molar-refractivity contribution in [3.8, 4) is 11.5 Å². The lowest BCUT2D eigenvalue weighted by atomic mass is 9.99. The number of aryl methyl sites for hydroxylation is 1. The average molecular weight is 403 g/mol. The Kier molecular flexibility index (Phi) is 6.30. The zero-order chi connectivity index (χ0) is 20.8. The average Bonchev–Trinajstić information content (AvgIpc) is 2.78. The van der Waals surface area contributed by atoms with Gasteiger partial charge in [-0.2, -0.15) is 0 Å². The van der Waals surface area contributed by atoms with Crippen LogP contribution in [0.5, 0.6) is 11.5 Å². The summed E-state index contributed by atoms with van der Waals surface area (Å²) in [6.07, 6.45) is 1.60. The molecule has 1 aliphatic heterocycles. The van der Waals surface area contributed by atoms with E-state index in [4.69, 9.17) is 9.47 Å². The van der Waals surface area contributed by atoms with E-state index in [1.165, 1.54) is 5.56 Å². The minimum atomic E-state index is -0.710. The van der Waals surface area contributed by atoms with Gasteiger partial charge in [0.25, 0.3) is 5.91 Å². The summed E-state index contributed by atoms with van der Waals surface area (Å²) in [5.74, 6) is 0.890. The van der Waals surface area contributed by atoms with Gasteiger partial charge < -0.3 is 19.9 Å². The van der Waals surface area contributed by atoms with Gasteiger partial charge >= 0.3 is 0 Å². The van der Waals surface area contributed by atoms with E-state index < -0.39 is 6.10 Å². The van der Waals surface area contributed by atoms with Crippen molar-refractivity contribution in [2.75, 3.05) is 11.9 Å². The van der Waals surface area contributed by atoms with Crippen molar-refractivity contribution in [3.63, 3.8) is 0 Å². The number of ether oxygens (including phenoxy) is 2. The third-order valence-corrected chi connectivity index (χ3v) is 5.11. The van der Waals surface area contributed by atoms with Crippen LogP contribution < -0.4 is 14.8 Å². The van der Waals surface area contributed by atoms with E-state index in [9.17, 15) is 9.90 Å². The molecule has 30 heavy (non-hydrogen) atoms. The van der Waals surface area contributed by atoms with Crippen LogP contribution in [0.25, 0.3) is 0 Å². The van der Waals surface area contributed by atoms with Gasteiger partial charge in [-0.3, -0.25) is 4.79 Å². The van der Waals surface area contributed by atoms with Gasteiger partial charge in [-0.15, -0.1) is 0 Å². The second-order valence-electron chi connectivity index (χ2n) is 7.39. The summed E-state index contributed by atoms with van der Waals surface area (Å²) >= 11 is 0. The summed E-state index contributed by atoms with van der Waals surface area (Å²) in [6.45, 7) is 0.346. The smallest absolute Gasteiger partial charge is 0.262 e. The number of anilines is 1. The largest absolute Gasteiger partial charge is 0.489 e. The SMILES string of the molecule is O=C1COc2c(cc(OCc3ccccc3)cc2[C@@H](O)CCCc2ccccc2)N1. The maximum atomic E-state index is 11.8. The number of amides is 1. The van der Waals surface area contributed by atoms with Gasteiger partial charge in [-0.25, -0.2) is 0 Å². The number of aliphatic hydroxyl groups excluding tert-OH is 1. The summed E-state index contributed by atoms with van der Waals surface area (Å²) in [4.78, 5) is 11.8. The molecule has 3 aromatic rings. The van der Waals surface area contributed by atoms with Crippen molar-refractivity contribution in [3.05, 3.63) is 89.5 Å². The summed E-state index contributed by atoms with van der Waals surface area (Å²) in [6, 6.07) is 23.6. The molecule has 0 spiro atoms. The van der Waals surface area contributed by atoms with Crippen molar-refractivity contribution < 1.29 is 19.4 Å². The molecule has 3 aromatic carbocycles. The minimum absolute atomic E-state index is 0.0546. The van der Waals surface area contributed by atoms with E-state index in [0.29, 0.717) is 35.8 Å². The van der Waals surface area contributed by atoms with Crippen molar-refractivity contribution in [1.29, 1.82) is 0 Å². The van der Waals surface area contributed by atoms with E-state index in [1.807, 2.05) is 54.6 Å². The summed E-state index contributed by atoms with van der Waals surface area (Å²) in [7, 11) is 0. The highest BCUT2D eigenvalue weighted by atomic mass is 16.5. The Balaban J connectivity index is 1.49. The van der Waals surface area contributed by atoms with Crippen molar-refractivity contribution >= 4 is 11.6 Å². The fourth-order valence-electron chi connectivity index (χ4n) is 3.57. The molecule has 1 atom stereocenters. The predicted molar refractivity (Wildman–Crippen MR) is 116 cm³/mol. The van der Waals surface area contributed by atoms with Gasteiger partial charge in [-0.1, -0.05) is 60.7 Å². The number of carbonyl (C=O) groups excluding carboxylic acids is 1. The molecule has 0 radical (unpaired) electrons. The van der Waals surface area contributed by atoms with Gasteiger partial charge in [-0.05, 0) is 36.5 Å². The first-order chi connectivity index (χ1) is 14.7. The molecule has 0 bridgehead atoms. The third-order valence-electron chi connectivity index (χ3n) is 5.11. The van der Waals surface area contributed by atoms with E-state index in [1.54, 1.807) is 6.07 Å². The highest BCUT2D eigenvalue weighted by molar-refractivity contribution is 5.96.